The summed E-state index contributed by atoms with van der Waals surface area (Å²) in [5, 5.41) is 6.35. The fourth-order valence-corrected chi connectivity index (χ4v) is 4.85. The van der Waals surface area contributed by atoms with Crippen molar-refractivity contribution in [3.8, 4) is 17.1 Å². The monoisotopic (exact) mass is 725 g/mol. The molecule has 2 heterocycles. The van der Waals surface area contributed by atoms with Crippen LogP contribution < -0.4 is 10.1 Å². The van der Waals surface area contributed by atoms with E-state index in [0.717, 1.165) is 24.3 Å². The van der Waals surface area contributed by atoms with Crippen LogP contribution in [-0.2, 0) is 21.8 Å². The molecule has 1 aliphatic heterocycles. The lowest BCUT2D eigenvalue weighted by molar-refractivity contribution is -0.139. The van der Waals surface area contributed by atoms with Gasteiger partial charge in [-0.2, -0.15) is 31.3 Å². The highest BCUT2D eigenvalue weighted by atomic mass is 19.4. The topological polar surface area (TPSA) is 128 Å². The molecule has 0 aliphatic carbocycles. The molecule has 3 aromatic rings. The van der Waals surface area contributed by atoms with Gasteiger partial charge in [0, 0.05) is 12.1 Å². The van der Waals surface area contributed by atoms with Gasteiger partial charge in [-0.3, -0.25) is 5.32 Å². The van der Waals surface area contributed by atoms with Crippen molar-refractivity contribution >= 4 is 24.2 Å². The van der Waals surface area contributed by atoms with Crippen LogP contribution in [0.4, 0.5) is 35.9 Å². The zero-order valence-electron chi connectivity index (χ0n) is 28.6. The number of alkyl halides is 6. The van der Waals surface area contributed by atoms with E-state index in [1.54, 1.807) is 41.5 Å². The third kappa shape index (κ3) is 11.2. The number of nitrogens with zero attached hydrogens (tertiary/aromatic N) is 4. The van der Waals surface area contributed by atoms with E-state index in [1.165, 1.54) is 35.3 Å². The molecule has 1 unspecified atom stereocenters. The van der Waals surface area contributed by atoms with E-state index in [4.69, 9.17) is 18.7 Å². The van der Waals surface area contributed by atoms with Crippen LogP contribution in [0.2, 0.25) is 0 Å². The Kier molecular flexibility index (Phi) is 11.4. The van der Waals surface area contributed by atoms with Crippen molar-refractivity contribution in [1.82, 2.24) is 20.4 Å². The van der Waals surface area contributed by atoms with Crippen LogP contribution in [0.1, 0.15) is 83.0 Å². The standard InChI is InChI=1S/C34H37F6N5O6/c1-31(2,3)49-29(46)42-28(43-30(47)50-32(4,5)6)45-16-8-13-24(45)27-41-26(44-51-27)21-14-15-25(23(19-21)34(38,39)40)48-17-9-11-20-10-7-12-22(18-20)33(35,36)37/h7,9-12,14-15,18-19,24H,8,13,16-17H2,1-6H3,(H,42,43,46,47)/b11-9+. The zero-order chi connectivity index (χ0) is 37.8. The van der Waals surface area contributed by atoms with E-state index in [1.807, 2.05) is 0 Å². The number of nitrogens with one attached hydrogen (secondary N) is 1. The predicted octanol–water partition coefficient (Wildman–Crippen LogP) is 8.82. The molecule has 1 saturated heterocycles. The molecule has 1 atom stereocenters. The molecule has 1 N–H and O–H groups in total. The summed E-state index contributed by atoms with van der Waals surface area (Å²) in [6.45, 7) is 9.81. The highest BCUT2D eigenvalue weighted by molar-refractivity contribution is 5.99. The van der Waals surface area contributed by atoms with Crippen LogP contribution in [0.3, 0.4) is 0 Å². The van der Waals surface area contributed by atoms with Gasteiger partial charge in [0.25, 0.3) is 0 Å². The summed E-state index contributed by atoms with van der Waals surface area (Å²) in [5.41, 5.74) is -3.62. The maximum absolute atomic E-state index is 14.1. The number of likely N-dealkylation sites (tertiary alicyclic amines) is 1. The van der Waals surface area contributed by atoms with Crippen molar-refractivity contribution in [3.05, 3.63) is 71.1 Å². The van der Waals surface area contributed by atoms with E-state index in [0.29, 0.717) is 12.8 Å². The maximum atomic E-state index is 14.1. The molecule has 1 fully saturated rings. The number of rotatable bonds is 6. The van der Waals surface area contributed by atoms with Gasteiger partial charge in [-0.05, 0) is 96.4 Å². The van der Waals surface area contributed by atoms with Gasteiger partial charge in [0.1, 0.15) is 29.6 Å². The average Bonchev–Trinajstić information content (AvgIpc) is 3.67. The molecule has 17 heteroatoms. The third-order valence-corrected chi connectivity index (χ3v) is 6.86. The number of amides is 2. The van der Waals surface area contributed by atoms with E-state index < -0.39 is 58.7 Å². The van der Waals surface area contributed by atoms with E-state index in [-0.39, 0.29) is 42.0 Å². The van der Waals surface area contributed by atoms with Crippen molar-refractivity contribution in [2.24, 2.45) is 4.99 Å². The summed E-state index contributed by atoms with van der Waals surface area (Å²) in [4.78, 5) is 35.1. The fourth-order valence-electron chi connectivity index (χ4n) is 4.85. The van der Waals surface area contributed by atoms with Crippen molar-refractivity contribution < 1.29 is 54.7 Å². The first kappa shape index (κ1) is 38.7. The largest absolute Gasteiger partial charge is 0.489 e. The van der Waals surface area contributed by atoms with Crippen LogP contribution in [0.5, 0.6) is 5.75 Å². The number of alkyl carbamates (subject to hydrolysis) is 1. The first-order valence-electron chi connectivity index (χ1n) is 15.7. The van der Waals surface area contributed by atoms with Crippen molar-refractivity contribution in [2.75, 3.05) is 13.2 Å². The number of carbonyl (C=O) groups is 2. The number of benzene rings is 2. The van der Waals surface area contributed by atoms with Gasteiger partial charge in [-0.15, -0.1) is 4.99 Å². The van der Waals surface area contributed by atoms with Gasteiger partial charge in [0.15, 0.2) is 0 Å². The Balaban J connectivity index is 1.55. The number of ether oxygens (including phenoxy) is 3. The second kappa shape index (κ2) is 15.0. The van der Waals surface area contributed by atoms with Gasteiger partial charge in [-0.1, -0.05) is 23.4 Å². The molecule has 0 saturated carbocycles. The molecule has 2 aromatic carbocycles. The third-order valence-electron chi connectivity index (χ3n) is 6.86. The molecule has 4 rings (SSSR count). The van der Waals surface area contributed by atoms with Crippen LogP contribution in [0.15, 0.2) is 58.1 Å². The summed E-state index contributed by atoms with van der Waals surface area (Å²) in [6, 6.07) is 6.87. The molecule has 276 valence electrons. The fraction of sp³-hybridized carbons (Fsp3) is 0.441. The molecule has 0 bridgehead atoms. The van der Waals surface area contributed by atoms with Crippen LogP contribution in [0.25, 0.3) is 17.5 Å². The second-order valence-electron chi connectivity index (χ2n) is 13.4. The number of hydrogen-bond donors (Lipinski definition) is 1. The molecule has 2 amide bonds. The van der Waals surface area contributed by atoms with Crippen LogP contribution in [-0.4, -0.2) is 57.5 Å². The molecule has 1 aliphatic rings. The Morgan fingerprint density at radius 3 is 2.33 bits per heavy atom. The second-order valence-corrected chi connectivity index (χ2v) is 13.4. The number of aromatic nitrogens is 2. The Morgan fingerprint density at radius 1 is 0.980 bits per heavy atom. The summed E-state index contributed by atoms with van der Waals surface area (Å²) < 4.78 is 103. The van der Waals surface area contributed by atoms with Gasteiger partial charge in [-0.25, -0.2) is 9.59 Å². The summed E-state index contributed by atoms with van der Waals surface area (Å²) >= 11 is 0. The Morgan fingerprint density at radius 2 is 1.69 bits per heavy atom. The lowest BCUT2D eigenvalue weighted by Gasteiger charge is -2.27. The smallest absolute Gasteiger partial charge is 0.437 e. The highest BCUT2D eigenvalue weighted by Crippen LogP contribution is 2.39. The van der Waals surface area contributed by atoms with Crippen molar-refractivity contribution in [1.29, 1.82) is 0 Å². The van der Waals surface area contributed by atoms with Gasteiger partial charge >= 0.3 is 24.5 Å². The van der Waals surface area contributed by atoms with Gasteiger partial charge < -0.3 is 23.6 Å². The molecular weight excluding hydrogens is 688 g/mol. The van der Waals surface area contributed by atoms with Crippen LogP contribution in [0, 0.1) is 0 Å². The minimum Gasteiger partial charge on any atom is -0.489 e. The molecular formula is C34H37F6N5O6. The number of halogens is 6. The van der Waals surface area contributed by atoms with Crippen LogP contribution >= 0.6 is 0 Å². The lowest BCUT2D eigenvalue weighted by atomic mass is 10.1. The Labute approximate surface area is 289 Å². The highest BCUT2D eigenvalue weighted by Gasteiger charge is 2.37. The lowest BCUT2D eigenvalue weighted by Crippen LogP contribution is -2.46. The van der Waals surface area contributed by atoms with Gasteiger partial charge in [0.2, 0.25) is 17.7 Å². The Bertz CT molecular complexity index is 1770. The number of guanidine groups is 1. The number of carbonyl (C=O) groups excluding carboxylic acids is 2. The van der Waals surface area contributed by atoms with Gasteiger partial charge in [0.05, 0.1) is 11.1 Å². The Hall–Kier alpha value is -5.09. The average molecular weight is 726 g/mol. The SMILES string of the molecule is CC(C)(C)OC(=O)N=C(NC(=O)OC(C)(C)C)N1CCCC1c1nc(-c2ccc(OC/C=C/c3cccc(C(F)(F)F)c3)c(C(F)(F)F)c2)no1. The summed E-state index contributed by atoms with van der Waals surface area (Å²) in [6.07, 6.45) is -7.74. The summed E-state index contributed by atoms with van der Waals surface area (Å²) in [5.74, 6) is -0.923. The molecule has 1 aromatic heterocycles. The van der Waals surface area contributed by atoms with E-state index in [2.05, 4.69) is 20.4 Å². The normalized spacial score (nSPS) is 16.0. The van der Waals surface area contributed by atoms with Crippen molar-refractivity contribution in [2.45, 2.75) is 84.0 Å². The number of aliphatic imine (C=N–C) groups is 1. The molecule has 0 spiro atoms. The number of hydrogen-bond acceptors (Lipinski definition) is 8. The molecule has 0 radical (unpaired) electrons. The first-order valence-corrected chi connectivity index (χ1v) is 15.7. The minimum absolute atomic E-state index is 0.0148. The molecule has 11 nitrogen and oxygen atoms in total. The quantitative estimate of drug-likeness (QED) is 0.151. The molecule has 51 heavy (non-hydrogen) atoms. The van der Waals surface area contributed by atoms with Crippen molar-refractivity contribution in [3.63, 3.8) is 0 Å². The van der Waals surface area contributed by atoms with E-state index in [9.17, 15) is 35.9 Å². The zero-order valence-corrected chi connectivity index (χ0v) is 28.6. The minimum atomic E-state index is -4.86. The first-order chi connectivity index (χ1) is 23.6. The maximum Gasteiger partial charge on any atom is 0.437 e. The van der Waals surface area contributed by atoms with E-state index >= 15 is 0 Å². The predicted molar refractivity (Wildman–Crippen MR) is 172 cm³/mol. The summed E-state index contributed by atoms with van der Waals surface area (Å²) in [7, 11) is 0.